The van der Waals surface area contributed by atoms with Crippen molar-refractivity contribution >= 4 is 11.7 Å². The van der Waals surface area contributed by atoms with Crippen molar-refractivity contribution in [3.8, 4) is 0 Å². The van der Waals surface area contributed by atoms with Gasteiger partial charge in [-0.1, -0.05) is 30.3 Å². The van der Waals surface area contributed by atoms with Crippen LogP contribution in [0.2, 0.25) is 0 Å². The lowest BCUT2D eigenvalue weighted by molar-refractivity contribution is 0.176. The lowest BCUT2D eigenvalue weighted by atomic mass is 9.94. The van der Waals surface area contributed by atoms with Crippen molar-refractivity contribution in [2.45, 2.75) is 51.1 Å². The fourth-order valence-corrected chi connectivity index (χ4v) is 3.41. The Labute approximate surface area is 148 Å². The number of hydrogen-bond donors (Lipinski definition) is 3. The molecule has 0 spiro atoms. The van der Waals surface area contributed by atoms with Crippen LogP contribution in [0, 0.1) is 0 Å². The van der Waals surface area contributed by atoms with Crippen LogP contribution in [0.15, 0.2) is 47.1 Å². The van der Waals surface area contributed by atoms with Crippen molar-refractivity contribution < 1.29 is 4.79 Å². The molecule has 1 unspecified atom stereocenters. The number of carbonyl (C=O) groups is 1. The van der Waals surface area contributed by atoms with E-state index in [1.54, 1.807) is 0 Å². The molecule has 2 aliphatic heterocycles. The monoisotopic (exact) mass is 339 g/mol. The van der Waals surface area contributed by atoms with Crippen molar-refractivity contribution in [2.75, 3.05) is 6.54 Å². The molecule has 0 bridgehead atoms. The Kier molecular flexibility index (Phi) is 4.00. The summed E-state index contributed by atoms with van der Waals surface area (Å²) in [5.74, 6) is 0. The van der Waals surface area contributed by atoms with Gasteiger partial charge < -0.3 is 15.5 Å². The topological polar surface area (TPSA) is 68.8 Å². The van der Waals surface area contributed by atoms with Gasteiger partial charge in [0.25, 0.3) is 0 Å². The van der Waals surface area contributed by atoms with Crippen molar-refractivity contribution in [3.05, 3.63) is 47.7 Å². The molecule has 1 saturated carbocycles. The van der Waals surface area contributed by atoms with Crippen LogP contribution < -0.4 is 16.0 Å². The van der Waals surface area contributed by atoms with Crippen molar-refractivity contribution in [1.82, 2.24) is 20.9 Å². The summed E-state index contributed by atoms with van der Waals surface area (Å²) in [4.78, 5) is 19.4. The van der Waals surface area contributed by atoms with Gasteiger partial charge in [0.1, 0.15) is 0 Å². The highest BCUT2D eigenvalue weighted by molar-refractivity contribution is 6.08. The van der Waals surface area contributed by atoms with Gasteiger partial charge in [-0.15, -0.1) is 0 Å². The first-order valence-corrected chi connectivity index (χ1v) is 8.93. The van der Waals surface area contributed by atoms with Gasteiger partial charge in [0.2, 0.25) is 0 Å². The van der Waals surface area contributed by atoms with E-state index in [1.807, 2.05) is 41.4 Å². The van der Waals surface area contributed by atoms with Crippen LogP contribution in [-0.4, -0.2) is 41.1 Å². The molecule has 6 heteroatoms. The fraction of sp³-hybridized carbons (Fsp3) is 0.474. The van der Waals surface area contributed by atoms with Gasteiger partial charge in [0.05, 0.1) is 17.8 Å². The standard InChI is InChI=1S/C19H25N5O/c1-19(2)15-11-20-17(22-14-8-9-14)23-16(15)12-24(19)18(25)21-10-13-6-4-3-5-7-13/h3-7,11,14,17,20,22H,8-10,12H2,1-2H3,(H,21,25). The third kappa shape index (κ3) is 3.26. The summed E-state index contributed by atoms with van der Waals surface area (Å²) in [7, 11) is 0. The van der Waals surface area contributed by atoms with E-state index in [9.17, 15) is 4.79 Å². The Morgan fingerprint density at radius 1 is 1.32 bits per heavy atom. The molecule has 1 aromatic rings. The molecule has 0 radical (unpaired) electrons. The Bertz CT molecular complexity index is 721. The molecule has 3 aliphatic rings. The van der Waals surface area contributed by atoms with Gasteiger partial charge in [-0.3, -0.25) is 5.32 Å². The van der Waals surface area contributed by atoms with E-state index < -0.39 is 0 Å². The summed E-state index contributed by atoms with van der Waals surface area (Å²) in [5, 5.41) is 9.81. The Balaban J connectivity index is 1.44. The first kappa shape index (κ1) is 16.1. The minimum absolute atomic E-state index is 0.0569. The van der Waals surface area contributed by atoms with Crippen LogP contribution in [0.3, 0.4) is 0 Å². The average Bonchev–Trinajstić information content (AvgIpc) is 3.37. The molecule has 132 valence electrons. The van der Waals surface area contributed by atoms with Crippen LogP contribution in [0.1, 0.15) is 32.3 Å². The number of benzene rings is 1. The van der Waals surface area contributed by atoms with Gasteiger partial charge in [-0.05, 0) is 32.3 Å². The third-order valence-corrected chi connectivity index (χ3v) is 5.13. The predicted molar refractivity (Wildman–Crippen MR) is 98.1 cm³/mol. The number of carbonyl (C=O) groups excluding carboxylic acids is 1. The van der Waals surface area contributed by atoms with Gasteiger partial charge in [-0.2, -0.15) is 0 Å². The van der Waals surface area contributed by atoms with E-state index in [0.717, 1.165) is 16.8 Å². The highest BCUT2D eigenvalue weighted by Crippen LogP contribution is 2.33. The summed E-state index contributed by atoms with van der Waals surface area (Å²) in [6, 6.07) is 10.5. The van der Waals surface area contributed by atoms with E-state index in [1.165, 1.54) is 12.8 Å². The number of fused-ring (bicyclic) bond motifs is 1. The summed E-state index contributed by atoms with van der Waals surface area (Å²) in [5.41, 5.74) is 2.81. The number of likely N-dealkylation sites (tertiary alicyclic amines) is 1. The number of rotatable bonds is 4. The minimum atomic E-state index is -0.378. The molecule has 0 aromatic heterocycles. The number of nitrogens with zero attached hydrogens (tertiary/aromatic N) is 2. The second-order valence-corrected chi connectivity index (χ2v) is 7.43. The summed E-state index contributed by atoms with van der Waals surface area (Å²) >= 11 is 0. The molecule has 2 fully saturated rings. The zero-order valence-corrected chi connectivity index (χ0v) is 14.7. The van der Waals surface area contributed by atoms with Crippen LogP contribution in [-0.2, 0) is 6.54 Å². The maximum atomic E-state index is 12.7. The number of aliphatic imine (C=N–C) groups is 1. The SMILES string of the molecule is CC1(C)C2=CNC(NC3CC3)N=C2CN1C(=O)NCc1ccccc1. The zero-order valence-electron chi connectivity index (χ0n) is 14.7. The van der Waals surface area contributed by atoms with Gasteiger partial charge in [0, 0.05) is 24.4 Å². The quantitative estimate of drug-likeness (QED) is 0.785. The molecule has 4 rings (SSSR count). The van der Waals surface area contributed by atoms with E-state index in [0.29, 0.717) is 19.1 Å². The third-order valence-electron chi connectivity index (χ3n) is 5.13. The van der Waals surface area contributed by atoms with Crippen molar-refractivity contribution in [2.24, 2.45) is 4.99 Å². The normalized spacial score (nSPS) is 24.1. The van der Waals surface area contributed by atoms with E-state index in [-0.39, 0.29) is 17.9 Å². The van der Waals surface area contributed by atoms with Crippen LogP contribution in [0.25, 0.3) is 0 Å². The Morgan fingerprint density at radius 2 is 2.08 bits per heavy atom. The molecular weight excluding hydrogens is 314 g/mol. The summed E-state index contributed by atoms with van der Waals surface area (Å²) in [6.45, 7) is 5.21. The van der Waals surface area contributed by atoms with Crippen molar-refractivity contribution in [1.29, 1.82) is 0 Å². The Morgan fingerprint density at radius 3 is 2.80 bits per heavy atom. The molecule has 1 saturated heterocycles. The van der Waals surface area contributed by atoms with Crippen LogP contribution in [0.5, 0.6) is 0 Å². The predicted octanol–water partition coefficient (Wildman–Crippen LogP) is 1.95. The van der Waals surface area contributed by atoms with E-state index in [4.69, 9.17) is 4.99 Å². The molecule has 2 heterocycles. The minimum Gasteiger partial charge on any atom is -0.357 e. The van der Waals surface area contributed by atoms with Gasteiger partial charge in [0.15, 0.2) is 6.29 Å². The number of urea groups is 1. The van der Waals surface area contributed by atoms with E-state index >= 15 is 0 Å². The first-order chi connectivity index (χ1) is 12.0. The smallest absolute Gasteiger partial charge is 0.318 e. The van der Waals surface area contributed by atoms with Gasteiger partial charge in [-0.25, -0.2) is 9.79 Å². The molecule has 6 nitrogen and oxygen atoms in total. The molecule has 2 amide bonds. The zero-order chi connectivity index (χ0) is 17.4. The van der Waals surface area contributed by atoms with Gasteiger partial charge >= 0.3 is 6.03 Å². The number of nitrogens with one attached hydrogen (secondary N) is 3. The van der Waals surface area contributed by atoms with Crippen molar-refractivity contribution in [3.63, 3.8) is 0 Å². The maximum absolute atomic E-state index is 12.7. The summed E-state index contributed by atoms with van der Waals surface area (Å²) < 4.78 is 0. The summed E-state index contributed by atoms with van der Waals surface area (Å²) in [6.07, 6.45) is 4.39. The van der Waals surface area contributed by atoms with E-state index in [2.05, 4.69) is 29.8 Å². The average molecular weight is 339 g/mol. The lowest BCUT2D eigenvalue weighted by Gasteiger charge is -2.32. The molecule has 1 aliphatic carbocycles. The molecule has 1 aromatic carbocycles. The first-order valence-electron chi connectivity index (χ1n) is 8.93. The highest BCUT2D eigenvalue weighted by Gasteiger charge is 2.45. The maximum Gasteiger partial charge on any atom is 0.318 e. The highest BCUT2D eigenvalue weighted by atomic mass is 16.2. The van der Waals surface area contributed by atoms with Crippen LogP contribution in [0.4, 0.5) is 4.79 Å². The molecule has 3 N–H and O–H groups in total. The lowest BCUT2D eigenvalue weighted by Crippen LogP contribution is -2.48. The second-order valence-electron chi connectivity index (χ2n) is 7.43. The van der Waals surface area contributed by atoms with Crippen LogP contribution >= 0.6 is 0 Å². The largest absolute Gasteiger partial charge is 0.357 e. The number of amides is 2. The second kappa shape index (κ2) is 6.19. The fourth-order valence-electron chi connectivity index (χ4n) is 3.41. The Hall–Kier alpha value is -2.34. The molecule has 1 atom stereocenters. The molecular formula is C19H25N5O. The molecule has 25 heavy (non-hydrogen) atoms. The number of hydrogen-bond acceptors (Lipinski definition) is 4.